The first-order chi connectivity index (χ1) is 14.4. The summed E-state index contributed by atoms with van der Waals surface area (Å²) in [5.74, 6) is -0.912. The monoisotopic (exact) mass is 447 g/mol. The van der Waals surface area contributed by atoms with Crippen LogP contribution < -0.4 is 10.6 Å². The smallest absolute Gasteiger partial charge is 0.251 e. The van der Waals surface area contributed by atoms with E-state index in [1.54, 1.807) is 17.0 Å². The standard InChI is InChI=1S/C22H23Cl2N3O3/c1-14(15-5-3-2-4-6-15)27-13-17(12-20(27)28)22(30)26-10-9-25-21(29)16-7-8-18(23)19(24)11-16/h2-8,11,14,17H,9-10,12-13H2,1H3,(H,25,29)(H,26,30). The first-order valence-corrected chi connectivity index (χ1v) is 10.5. The van der Waals surface area contributed by atoms with Gasteiger partial charge < -0.3 is 15.5 Å². The van der Waals surface area contributed by atoms with Gasteiger partial charge in [0.1, 0.15) is 0 Å². The molecular weight excluding hydrogens is 425 g/mol. The van der Waals surface area contributed by atoms with Crippen molar-refractivity contribution in [3.05, 3.63) is 69.7 Å². The van der Waals surface area contributed by atoms with Crippen molar-refractivity contribution in [2.24, 2.45) is 5.92 Å². The molecule has 30 heavy (non-hydrogen) atoms. The van der Waals surface area contributed by atoms with Gasteiger partial charge in [-0.3, -0.25) is 14.4 Å². The van der Waals surface area contributed by atoms with Crippen molar-refractivity contribution < 1.29 is 14.4 Å². The molecule has 0 bridgehead atoms. The Morgan fingerprint density at radius 1 is 1.07 bits per heavy atom. The lowest BCUT2D eigenvalue weighted by Crippen LogP contribution is -2.38. The summed E-state index contributed by atoms with van der Waals surface area (Å²) in [6.45, 7) is 2.88. The Bertz CT molecular complexity index is 936. The summed E-state index contributed by atoms with van der Waals surface area (Å²) in [5, 5.41) is 6.19. The van der Waals surface area contributed by atoms with Gasteiger partial charge in [-0.05, 0) is 30.7 Å². The maximum atomic E-state index is 12.5. The minimum absolute atomic E-state index is 0.0283. The van der Waals surface area contributed by atoms with Gasteiger partial charge in [0.15, 0.2) is 0 Å². The van der Waals surface area contributed by atoms with Gasteiger partial charge in [-0.25, -0.2) is 0 Å². The molecule has 2 aromatic carbocycles. The molecule has 0 saturated carbocycles. The van der Waals surface area contributed by atoms with Gasteiger partial charge in [-0.2, -0.15) is 0 Å². The summed E-state index contributed by atoms with van der Waals surface area (Å²) in [4.78, 5) is 38.7. The lowest BCUT2D eigenvalue weighted by Gasteiger charge is -2.25. The minimum Gasteiger partial charge on any atom is -0.354 e. The van der Waals surface area contributed by atoms with Gasteiger partial charge in [0.05, 0.1) is 22.0 Å². The second-order valence-electron chi connectivity index (χ2n) is 7.21. The average Bonchev–Trinajstić information content (AvgIpc) is 3.14. The fourth-order valence-electron chi connectivity index (χ4n) is 3.44. The van der Waals surface area contributed by atoms with E-state index in [4.69, 9.17) is 23.2 Å². The van der Waals surface area contributed by atoms with E-state index < -0.39 is 5.92 Å². The molecule has 3 amide bonds. The van der Waals surface area contributed by atoms with Crippen LogP contribution >= 0.6 is 23.2 Å². The summed E-state index contributed by atoms with van der Waals surface area (Å²) < 4.78 is 0. The molecule has 2 N–H and O–H groups in total. The van der Waals surface area contributed by atoms with Crippen molar-refractivity contribution in [1.29, 1.82) is 0 Å². The van der Waals surface area contributed by atoms with E-state index in [9.17, 15) is 14.4 Å². The van der Waals surface area contributed by atoms with E-state index in [1.807, 2.05) is 37.3 Å². The van der Waals surface area contributed by atoms with Crippen molar-refractivity contribution >= 4 is 40.9 Å². The molecule has 2 unspecified atom stereocenters. The lowest BCUT2D eigenvalue weighted by atomic mass is 10.1. The van der Waals surface area contributed by atoms with Crippen molar-refractivity contribution in [1.82, 2.24) is 15.5 Å². The number of carbonyl (C=O) groups excluding carboxylic acids is 3. The number of nitrogens with zero attached hydrogens (tertiary/aromatic N) is 1. The quantitative estimate of drug-likeness (QED) is 0.637. The maximum absolute atomic E-state index is 12.5. The third-order valence-corrected chi connectivity index (χ3v) is 5.91. The Morgan fingerprint density at radius 2 is 1.77 bits per heavy atom. The molecule has 3 rings (SSSR count). The zero-order valence-corrected chi connectivity index (χ0v) is 18.0. The third kappa shape index (κ3) is 5.32. The van der Waals surface area contributed by atoms with Crippen molar-refractivity contribution in [3.8, 4) is 0 Å². The zero-order chi connectivity index (χ0) is 21.7. The average molecular weight is 448 g/mol. The fourth-order valence-corrected chi connectivity index (χ4v) is 3.74. The highest BCUT2D eigenvalue weighted by molar-refractivity contribution is 6.42. The van der Waals surface area contributed by atoms with Crippen LogP contribution in [0.25, 0.3) is 0 Å². The van der Waals surface area contributed by atoms with Gasteiger partial charge in [0.25, 0.3) is 5.91 Å². The van der Waals surface area contributed by atoms with Crippen LogP contribution in [-0.2, 0) is 9.59 Å². The number of benzene rings is 2. The molecule has 0 spiro atoms. The molecule has 1 aliphatic rings. The Morgan fingerprint density at radius 3 is 2.47 bits per heavy atom. The zero-order valence-electron chi connectivity index (χ0n) is 16.5. The van der Waals surface area contributed by atoms with Gasteiger partial charge in [-0.1, -0.05) is 53.5 Å². The maximum Gasteiger partial charge on any atom is 0.251 e. The molecule has 0 aromatic heterocycles. The topological polar surface area (TPSA) is 78.5 Å². The van der Waals surface area contributed by atoms with E-state index in [0.717, 1.165) is 5.56 Å². The molecule has 0 aliphatic carbocycles. The molecule has 158 valence electrons. The molecule has 1 fully saturated rings. The van der Waals surface area contributed by atoms with Gasteiger partial charge in [0, 0.05) is 31.6 Å². The predicted octanol–water partition coefficient (Wildman–Crippen LogP) is 3.45. The summed E-state index contributed by atoms with van der Waals surface area (Å²) in [6, 6.07) is 14.3. The molecule has 1 heterocycles. The number of amides is 3. The van der Waals surface area contributed by atoms with E-state index in [0.29, 0.717) is 22.2 Å². The van der Waals surface area contributed by atoms with Crippen LogP contribution in [0.3, 0.4) is 0 Å². The lowest BCUT2D eigenvalue weighted by molar-refractivity contribution is -0.130. The Hall–Kier alpha value is -2.57. The number of nitrogens with one attached hydrogen (secondary N) is 2. The van der Waals surface area contributed by atoms with Crippen LogP contribution in [0.1, 0.15) is 35.3 Å². The second-order valence-corrected chi connectivity index (χ2v) is 8.02. The minimum atomic E-state index is -0.394. The van der Waals surface area contributed by atoms with Crippen LogP contribution in [0.2, 0.25) is 10.0 Å². The summed E-state index contributed by atoms with van der Waals surface area (Å²) in [7, 11) is 0. The van der Waals surface area contributed by atoms with E-state index in [2.05, 4.69) is 10.6 Å². The largest absolute Gasteiger partial charge is 0.354 e. The first kappa shape index (κ1) is 22.1. The van der Waals surface area contributed by atoms with Crippen molar-refractivity contribution in [2.75, 3.05) is 19.6 Å². The predicted molar refractivity (Wildman–Crippen MR) is 116 cm³/mol. The summed E-state index contributed by atoms with van der Waals surface area (Å²) in [5.41, 5.74) is 1.43. The number of hydrogen-bond acceptors (Lipinski definition) is 3. The number of rotatable bonds is 7. The highest BCUT2D eigenvalue weighted by Gasteiger charge is 2.36. The van der Waals surface area contributed by atoms with Crippen LogP contribution in [0.5, 0.6) is 0 Å². The number of hydrogen-bond donors (Lipinski definition) is 2. The van der Waals surface area contributed by atoms with Crippen LogP contribution in [0, 0.1) is 5.92 Å². The Labute approximate surface area is 185 Å². The second kappa shape index (κ2) is 9.96. The molecular formula is C22H23Cl2N3O3. The fraction of sp³-hybridized carbons (Fsp3) is 0.318. The Kier molecular flexibility index (Phi) is 7.34. The molecule has 1 aliphatic heterocycles. The molecule has 8 heteroatoms. The number of halogens is 2. The van der Waals surface area contributed by atoms with Crippen molar-refractivity contribution in [2.45, 2.75) is 19.4 Å². The third-order valence-electron chi connectivity index (χ3n) is 5.17. The van der Waals surface area contributed by atoms with Gasteiger partial charge >= 0.3 is 0 Å². The SMILES string of the molecule is CC(c1ccccc1)N1CC(C(=O)NCCNC(=O)c2ccc(Cl)c(Cl)c2)CC1=O. The van der Waals surface area contributed by atoms with Gasteiger partial charge in [-0.15, -0.1) is 0 Å². The first-order valence-electron chi connectivity index (χ1n) is 9.72. The van der Waals surface area contributed by atoms with Crippen LogP contribution in [0.4, 0.5) is 0 Å². The van der Waals surface area contributed by atoms with Gasteiger partial charge in [0.2, 0.25) is 11.8 Å². The number of carbonyl (C=O) groups is 3. The highest BCUT2D eigenvalue weighted by atomic mass is 35.5. The van der Waals surface area contributed by atoms with Crippen molar-refractivity contribution in [3.63, 3.8) is 0 Å². The number of likely N-dealkylation sites (tertiary alicyclic amines) is 1. The molecule has 2 atom stereocenters. The highest BCUT2D eigenvalue weighted by Crippen LogP contribution is 2.28. The van der Waals surface area contributed by atoms with Crippen LogP contribution in [0.15, 0.2) is 48.5 Å². The molecule has 6 nitrogen and oxygen atoms in total. The van der Waals surface area contributed by atoms with E-state index in [1.165, 1.54) is 6.07 Å². The summed E-state index contributed by atoms with van der Waals surface area (Å²) in [6.07, 6.45) is 0.193. The molecule has 1 saturated heterocycles. The molecule has 2 aromatic rings. The van der Waals surface area contributed by atoms with E-state index in [-0.39, 0.29) is 43.3 Å². The van der Waals surface area contributed by atoms with E-state index >= 15 is 0 Å². The summed E-state index contributed by atoms with van der Waals surface area (Å²) >= 11 is 11.8. The van der Waals surface area contributed by atoms with Crippen LogP contribution in [-0.4, -0.2) is 42.3 Å². The molecule has 0 radical (unpaired) electrons. The Balaban J connectivity index is 1.44. The normalized spacial score (nSPS) is 17.0.